The number of ether oxygens (including phenoxy) is 1. The third-order valence-corrected chi connectivity index (χ3v) is 2.90. The van der Waals surface area contributed by atoms with E-state index >= 15 is 0 Å². The molecule has 0 aliphatic heterocycles. The van der Waals surface area contributed by atoms with Gasteiger partial charge in [-0.05, 0) is 36.2 Å². The van der Waals surface area contributed by atoms with Gasteiger partial charge >= 0.3 is 0 Å². The quantitative estimate of drug-likeness (QED) is 0.889. The van der Waals surface area contributed by atoms with Gasteiger partial charge in [-0.3, -0.25) is 4.79 Å². The summed E-state index contributed by atoms with van der Waals surface area (Å²) in [6.07, 6.45) is 0. The summed E-state index contributed by atoms with van der Waals surface area (Å²) < 4.78 is 18.5. The molecule has 0 saturated heterocycles. The van der Waals surface area contributed by atoms with Crippen molar-refractivity contribution in [2.75, 3.05) is 11.9 Å². The highest BCUT2D eigenvalue weighted by Crippen LogP contribution is 2.17. The standard InChI is InChI=1S/C16H16FNO3/c1-11-4-2-3-5-15(11)18-16(20)10-21-14-7-12(9-19)6-13(17)8-14/h2-8,19H,9-10H2,1H3,(H,18,20). The Morgan fingerprint density at radius 2 is 2.05 bits per heavy atom. The molecule has 5 heteroatoms. The summed E-state index contributed by atoms with van der Waals surface area (Å²) in [5.41, 5.74) is 2.05. The van der Waals surface area contributed by atoms with Gasteiger partial charge in [0.1, 0.15) is 11.6 Å². The lowest BCUT2D eigenvalue weighted by atomic mass is 10.2. The van der Waals surface area contributed by atoms with Gasteiger partial charge in [0.2, 0.25) is 0 Å². The van der Waals surface area contributed by atoms with E-state index in [2.05, 4.69) is 5.32 Å². The Bertz CT molecular complexity index is 643. The molecule has 0 spiro atoms. The van der Waals surface area contributed by atoms with Crippen molar-refractivity contribution in [3.05, 3.63) is 59.4 Å². The van der Waals surface area contributed by atoms with Crippen molar-refractivity contribution in [1.82, 2.24) is 0 Å². The van der Waals surface area contributed by atoms with Crippen molar-refractivity contribution < 1.29 is 19.0 Å². The molecule has 1 amide bonds. The fraction of sp³-hybridized carbons (Fsp3) is 0.188. The van der Waals surface area contributed by atoms with Gasteiger partial charge in [0, 0.05) is 11.8 Å². The van der Waals surface area contributed by atoms with Crippen LogP contribution in [0.15, 0.2) is 42.5 Å². The Balaban J connectivity index is 1.95. The molecule has 0 atom stereocenters. The monoisotopic (exact) mass is 289 g/mol. The average molecular weight is 289 g/mol. The summed E-state index contributed by atoms with van der Waals surface area (Å²) in [7, 11) is 0. The van der Waals surface area contributed by atoms with E-state index in [0.717, 1.165) is 5.56 Å². The number of aryl methyl sites for hydroxylation is 1. The highest BCUT2D eigenvalue weighted by Gasteiger charge is 2.07. The first-order chi connectivity index (χ1) is 10.1. The first-order valence-corrected chi connectivity index (χ1v) is 6.47. The molecule has 2 aromatic rings. The predicted octanol–water partition coefficient (Wildman–Crippen LogP) is 2.64. The van der Waals surface area contributed by atoms with Gasteiger partial charge in [-0.25, -0.2) is 4.39 Å². The third kappa shape index (κ3) is 4.29. The van der Waals surface area contributed by atoms with E-state index in [9.17, 15) is 9.18 Å². The maximum absolute atomic E-state index is 13.2. The van der Waals surface area contributed by atoms with Crippen LogP contribution < -0.4 is 10.1 Å². The molecular formula is C16H16FNO3. The van der Waals surface area contributed by atoms with Gasteiger partial charge in [-0.15, -0.1) is 0 Å². The van der Waals surface area contributed by atoms with Gasteiger partial charge in [0.05, 0.1) is 6.61 Å². The minimum atomic E-state index is -0.518. The van der Waals surface area contributed by atoms with E-state index in [4.69, 9.17) is 9.84 Å². The molecule has 2 N–H and O–H groups in total. The molecule has 21 heavy (non-hydrogen) atoms. The van der Waals surface area contributed by atoms with Crippen LogP contribution in [0, 0.1) is 12.7 Å². The number of amides is 1. The number of aliphatic hydroxyl groups is 1. The van der Waals surface area contributed by atoms with Gasteiger partial charge in [-0.2, -0.15) is 0 Å². The number of hydrogen-bond donors (Lipinski definition) is 2. The summed E-state index contributed by atoms with van der Waals surface area (Å²) in [6.45, 7) is 1.36. The molecule has 0 bridgehead atoms. The average Bonchev–Trinajstić information content (AvgIpc) is 2.47. The number of carbonyl (C=O) groups excluding carboxylic acids is 1. The molecule has 0 radical (unpaired) electrons. The van der Waals surface area contributed by atoms with Crippen molar-refractivity contribution in [3.8, 4) is 5.75 Å². The Hall–Kier alpha value is -2.40. The van der Waals surface area contributed by atoms with E-state index in [1.54, 1.807) is 6.07 Å². The number of para-hydroxylation sites is 1. The van der Waals surface area contributed by atoms with Crippen LogP contribution in [0.3, 0.4) is 0 Å². The Morgan fingerprint density at radius 3 is 2.76 bits per heavy atom. The van der Waals surface area contributed by atoms with Crippen LogP contribution in [-0.2, 0) is 11.4 Å². The fourth-order valence-electron chi connectivity index (χ4n) is 1.84. The van der Waals surface area contributed by atoms with Gasteiger partial charge < -0.3 is 15.2 Å². The Morgan fingerprint density at radius 1 is 1.29 bits per heavy atom. The normalized spacial score (nSPS) is 10.2. The number of hydrogen-bond acceptors (Lipinski definition) is 3. The van der Waals surface area contributed by atoms with E-state index in [1.165, 1.54) is 18.2 Å². The van der Waals surface area contributed by atoms with E-state index < -0.39 is 5.82 Å². The van der Waals surface area contributed by atoms with Crippen LogP contribution in [0.4, 0.5) is 10.1 Å². The number of nitrogens with one attached hydrogen (secondary N) is 1. The number of anilines is 1. The smallest absolute Gasteiger partial charge is 0.262 e. The summed E-state index contributed by atoms with van der Waals surface area (Å²) in [4.78, 5) is 11.8. The molecule has 0 aliphatic carbocycles. The van der Waals surface area contributed by atoms with Gasteiger partial charge in [0.25, 0.3) is 5.91 Å². The summed E-state index contributed by atoms with van der Waals surface area (Å²) in [5, 5.41) is 11.7. The topological polar surface area (TPSA) is 58.6 Å². The second kappa shape index (κ2) is 6.85. The van der Waals surface area contributed by atoms with Crippen molar-refractivity contribution >= 4 is 11.6 Å². The lowest BCUT2D eigenvalue weighted by molar-refractivity contribution is -0.118. The SMILES string of the molecule is Cc1ccccc1NC(=O)COc1cc(F)cc(CO)c1. The van der Waals surface area contributed by atoms with Gasteiger partial charge in [-0.1, -0.05) is 18.2 Å². The molecule has 0 fully saturated rings. The molecule has 110 valence electrons. The number of carbonyl (C=O) groups is 1. The van der Waals surface area contributed by atoms with Crippen molar-refractivity contribution in [3.63, 3.8) is 0 Å². The second-order valence-electron chi connectivity index (χ2n) is 4.61. The van der Waals surface area contributed by atoms with Crippen LogP contribution in [0.2, 0.25) is 0 Å². The van der Waals surface area contributed by atoms with Crippen LogP contribution in [-0.4, -0.2) is 17.6 Å². The summed E-state index contributed by atoms with van der Waals surface area (Å²) in [6, 6.07) is 11.2. The number of benzene rings is 2. The molecular weight excluding hydrogens is 273 g/mol. The summed E-state index contributed by atoms with van der Waals surface area (Å²) in [5.74, 6) is -0.644. The largest absolute Gasteiger partial charge is 0.484 e. The van der Waals surface area contributed by atoms with Crippen LogP contribution in [0.5, 0.6) is 5.75 Å². The molecule has 0 heterocycles. The fourth-order valence-corrected chi connectivity index (χ4v) is 1.84. The van der Waals surface area contributed by atoms with E-state index in [-0.39, 0.29) is 24.9 Å². The summed E-state index contributed by atoms with van der Waals surface area (Å²) >= 11 is 0. The van der Waals surface area contributed by atoms with E-state index in [1.807, 2.05) is 25.1 Å². The first-order valence-electron chi connectivity index (χ1n) is 6.47. The molecule has 0 aromatic heterocycles. The maximum Gasteiger partial charge on any atom is 0.262 e. The highest BCUT2D eigenvalue weighted by molar-refractivity contribution is 5.92. The molecule has 2 rings (SSSR count). The molecule has 0 unspecified atom stereocenters. The molecule has 0 saturated carbocycles. The first kappa shape index (κ1) is 15.0. The van der Waals surface area contributed by atoms with Crippen LogP contribution >= 0.6 is 0 Å². The lowest BCUT2D eigenvalue weighted by Gasteiger charge is -2.10. The molecule has 2 aromatic carbocycles. The zero-order chi connectivity index (χ0) is 15.2. The zero-order valence-corrected chi connectivity index (χ0v) is 11.6. The second-order valence-corrected chi connectivity index (χ2v) is 4.61. The number of rotatable bonds is 5. The van der Waals surface area contributed by atoms with E-state index in [0.29, 0.717) is 11.3 Å². The number of aliphatic hydroxyl groups excluding tert-OH is 1. The Kier molecular flexibility index (Phi) is 4.90. The number of halogens is 1. The van der Waals surface area contributed by atoms with Crippen molar-refractivity contribution in [2.24, 2.45) is 0 Å². The maximum atomic E-state index is 13.2. The van der Waals surface area contributed by atoms with Gasteiger partial charge in [0.15, 0.2) is 6.61 Å². The predicted molar refractivity (Wildman–Crippen MR) is 77.6 cm³/mol. The third-order valence-electron chi connectivity index (χ3n) is 2.90. The molecule has 4 nitrogen and oxygen atoms in total. The van der Waals surface area contributed by atoms with Crippen molar-refractivity contribution in [1.29, 1.82) is 0 Å². The molecule has 0 aliphatic rings. The van der Waals surface area contributed by atoms with Crippen LogP contribution in [0.25, 0.3) is 0 Å². The zero-order valence-electron chi connectivity index (χ0n) is 11.6. The Labute approximate surface area is 122 Å². The minimum Gasteiger partial charge on any atom is -0.484 e. The lowest BCUT2D eigenvalue weighted by Crippen LogP contribution is -2.20. The van der Waals surface area contributed by atoms with Crippen molar-refractivity contribution in [2.45, 2.75) is 13.5 Å². The highest BCUT2D eigenvalue weighted by atomic mass is 19.1. The minimum absolute atomic E-state index is 0.207. The van der Waals surface area contributed by atoms with Crippen LogP contribution in [0.1, 0.15) is 11.1 Å².